The molecule has 0 amide bonds. The summed E-state index contributed by atoms with van der Waals surface area (Å²) >= 11 is 0. The van der Waals surface area contributed by atoms with Crippen molar-refractivity contribution in [2.75, 3.05) is 0 Å². The lowest BCUT2D eigenvalue weighted by molar-refractivity contribution is 0.525. The molecule has 0 atom stereocenters. The van der Waals surface area contributed by atoms with E-state index in [0.29, 0.717) is 5.92 Å². The van der Waals surface area contributed by atoms with Crippen LogP contribution in [0.4, 0.5) is 0 Å². The molecule has 0 saturated carbocycles. The molecule has 0 spiro atoms. The van der Waals surface area contributed by atoms with Crippen molar-refractivity contribution in [2.24, 2.45) is 5.92 Å². The van der Waals surface area contributed by atoms with E-state index in [1.807, 2.05) is 6.33 Å². The molecule has 1 aromatic heterocycles. The Hall–Kier alpha value is -2.16. The van der Waals surface area contributed by atoms with Gasteiger partial charge >= 0.3 is 0 Å². The molecule has 0 aliphatic rings. The van der Waals surface area contributed by atoms with Crippen LogP contribution in [0.3, 0.4) is 0 Å². The van der Waals surface area contributed by atoms with Crippen LogP contribution in [0.2, 0.25) is 0 Å². The molecule has 96 valence electrons. The highest BCUT2D eigenvalue weighted by Gasteiger charge is 2.08. The molecule has 3 rings (SSSR count). The third kappa shape index (κ3) is 2.36. The fourth-order valence-electron chi connectivity index (χ4n) is 2.33. The number of hydrogen-bond acceptors (Lipinski definition) is 2. The second-order valence-electron chi connectivity index (χ2n) is 5.26. The normalized spacial score (nSPS) is 11.3. The highest BCUT2D eigenvalue weighted by Crippen LogP contribution is 2.23. The number of hydrogen-bond donors (Lipinski definition) is 0. The van der Waals surface area contributed by atoms with Gasteiger partial charge in [0.25, 0.3) is 0 Å². The van der Waals surface area contributed by atoms with E-state index < -0.39 is 0 Å². The molecule has 0 fully saturated rings. The molecular weight excluding hydrogens is 234 g/mol. The fourth-order valence-corrected chi connectivity index (χ4v) is 2.33. The first-order valence-electron chi connectivity index (χ1n) is 6.61. The average molecular weight is 251 g/mol. The van der Waals surface area contributed by atoms with Crippen LogP contribution in [0.5, 0.6) is 0 Å². The Morgan fingerprint density at radius 1 is 1.05 bits per heavy atom. The van der Waals surface area contributed by atoms with E-state index in [-0.39, 0.29) is 0 Å². The summed E-state index contributed by atoms with van der Waals surface area (Å²) in [5.41, 5.74) is 1.12. The zero-order chi connectivity index (χ0) is 13.2. The first-order chi connectivity index (χ1) is 9.24. The maximum atomic E-state index is 4.26. The average Bonchev–Trinajstić information content (AvgIpc) is 2.85. The number of rotatable bonds is 3. The van der Waals surface area contributed by atoms with Gasteiger partial charge in [-0.05, 0) is 22.8 Å². The van der Waals surface area contributed by atoms with Gasteiger partial charge in [0.15, 0.2) is 5.82 Å². The van der Waals surface area contributed by atoms with E-state index in [9.17, 15) is 0 Å². The summed E-state index contributed by atoms with van der Waals surface area (Å²) in [6.07, 6.45) is 1.81. The van der Waals surface area contributed by atoms with Crippen molar-refractivity contribution < 1.29 is 0 Å². The Bertz CT molecular complexity index is 698. The van der Waals surface area contributed by atoms with Gasteiger partial charge in [-0.15, -0.1) is 10.2 Å². The maximum Gasteiger partial charge on any atom is 0.163 e. The smallest absolute Gasteiger partial charge is 0.163 e. The van der Waals surface area contributed by atoms with Crippen LogP contribution < -0.4 is 0 Å². The Labute approximate surface area is 112 Å². The van der Waals surface area contributed by atoms with E-state index in [0.717, 1.165) is 17.9 Å². The largest absolute Gasteiger partial charge is 0.313 e. The number of aromatic nitrogens is 3. The second kappa shape index (κ2) is 4.84. The summed E-state index contributed by atoms with van der Waals surface area (Å²) in [4.78, 5) is 0. The second-order valence-corrected chi connectivity index (χ2v) is 5.26. The van der Waals surface area contributed by atoms with Crippen LogP contribution in [-0.4, -0.2) is 14.8 Å². The van der Waals surface area contributed by atoms with Gasteiger partial charge in [-0.2, -0.15) is 0 Å². The Morgan fingerprint density at radius 3 is 2.63 bits per heavy atom. The lowest BCUT2D eigenvalue weighted by Crippen LogP contribution is -2.05. The summed E-state index contributed by atoms with van der Waals surface area (Å²) in [6, 6.07) is 14.8. The zero-order valence-corrected chi connectivity index (χ0v) is 11.2. The van der Waals surface area contributed by atoms with E-state index in [4.69, 9.17) is 0 Å². The lowest BCUT2D eigenvalue weighted by atomic mass is 10.1. The molecule has 3 nitrogen and oxygen atoms in total. The minimum atomic E-state index is 0.579. The van der Waals surface area contributed by atoms with Crippen molar-refractivity contribution in [3.63, 3.8) is 0 Å². The van der Waals surface area contributed by atoms with E-state index >= 15 is 0 Å². The summed E-state index contributed by atoms with van der Waals surface area (Å²) in [5.74, 6) is 1.52. The number of nitrogens with zero attached hydrogens (tertiary/aromatic N) is 3. The Kier molecular flexibility index (Phi) is 3.03. The molecule has 3 heteroatoms. The SMILES string of the molecule is CC(C)Cn1cnnc1-c1ccc2ccccc2c1. The molecule has 0 saturated heterocycles. The molecule has 2 aromatic carbocycles. The van der Waals surface area contributed by atoms with Crippen molar-refractivity contribution in [1.29, 1.82) is 0 Å². The van der Waals surface area contributed by atoms with Crippen molar-refractivity contribution in [2.45, 2.75) is 20.4 Å². The van der Waals surface area contributed by atoms with Gasteiger partial charge in [0.1, 0.15) is 6.33 Å². The van der Waals surface area contributed by atoms with Gasteiger partial charge in [0, 0.05) is 12.1 Å². The van der Waals surface area contributed by atoms with Gasteiger partial charge < -0.3 is 4.57 Å². The molecular formula is C16H17N3. The number of benzene rings is 2. The monoisotopic (exact) mass is 251 g/mol. The van der Waals surface area contributed by atoms with Crippen molar-refractivity contribution >= 4 is 10.8 Å². The van der Waals surface area contributed by atoms with Crippen LogP contribution in [0.15, 0.2) is 48.8 Å². The van der Waals surface area contributed by atoms with Crippen LogP contribution in [0.25, 0.3) is 22.2 Å². The minimum Gasteiger partial charge on any atom is -0.313 e. The predicted molar refractivity (Wildman–Crippen MR) is 77.8 cm³/mol. The number of fused-ring (bicyclic) bond motifs is 1. The summed E-state index contributed by atoms with van der Waals surface area (Å²) in [6.45, 7) is 5.34. The van der Waals surface area contributed by atoms with E-state index in [1.165, 1.54) is 10.8 Å². The molecule has 0 aliphatic heterocycles. The molecule has 1 heterocycles. The molecule has 0 radical (unpaired) electrons. The van der Waals surface area contributed by atoms with Crippen molar-refractivity contribution in [1.82, 2.24) is 14.8 Å². The quantitative estimate of drug-likeness (QED) is 0.709. The maximum absolute atomic E-state index is 4.26. The molecule has 19 heavy (non-hydrogen) atoms. The third-order valence-corrected chi connectivity index (χ3v) is 3.19. The standard InChI is InChI=1S/C16H17N3/c1-12(2)10-19-11-17-18-16(19)15-8-7-13-5-3-4-6-14(13)9-15/h3-9,11-12H,10H2,1-2H3. The molecule has 0 aliphatic carbocycles. The molecule has 0 N–H and O–H groups in total. The van der Waals surface area contributed by atoms with Gasteiger partial charge in [-0.1, -0.05) is 50.2 Å². The predicted octanol–water partition coefficient (Wildman–Crippen LogP) is 3.75. The van der Waals surface area contributed by atoms with E-state index in [2.05, 4.69) is 71.1 Å². The lowest BCUT2D eigenvalue weighted by Gasteiger charge is -2.09. The Balaban J connectivity index is 2.06. The first kappa shape index (κ1) is 11.9. The highest BCUT2D eigenvalue weighted by molar-refractivity contribution is 5.86. The minimum absolute atomic E-state index is 0.579. The summed E-state index contributed by atoms with van der Waals surface area (Å²) in [5, 5.41) is 10.8. The Morgan fingerprint density at radius 2 is 1.84 bits per heavy atom. The summed E-state index contributed by atoms with van der Waals surface area (Å²) < 4.78 is 2.12. The summed E-state index contributed by atoms with van der Waals surface area (Å²) in [7, 11) is 0. The molecule has 0 bridgehead atoms. The van der Waals surface area contributed by atoms with E-state index in [1.54, 1.807) is 0 Å². The zero-order valence-electron chi connectivity index (χ0n) is 11.2. The van der Waals surface area contributed by atoms with Crippen molar-refractivity contribution in [3.05, 3.63) is 48.8 Å². The topological polar surface area (TPSA) is 30.7 Å². The van der Waals surface area contributed by atoms with Gasteiger partial charge in [0.05, 0.1) is 0 Å². The molecule has 3 aromatic rings. The van der Waals surface area contributed by atoms with Crippen LogP contribution in [0, 0.1) is 5.92 Å². The third-order valence-electron chi connectivity index (χ3n) is 3.19. The van der Waals surface area contributed by atoms with Crippen molar-refractivity contribution in [3.8, 4) is 11.4 Å². The van der Waals surface area contributed by atoms with Gasteiger partial charge in [-0.3, -0.25) is 0 Å². The first-order valence-corrected chi connectivity index (χ1v) is 6.61. The van der Waals surface area contributed by atoms with Gasteiger partial charge in [-0.25, -0.2) is 0 Å². The van der Waals surface area contributed by atoms with Gasteiger partial charge in [0.2, 0.25) is 0 Å². The van der Waals surface area contributed by atoms with Crippen LogP contribution in [-0.2, 0) is 6.54 Å². The highest BCUT2D eigenvalue weighted by atomic mass is 15.3. The fraction of sp³-hybridized carbons (Fsp3) is 0.250. The van der Waals surface area contributed by atoms with Crippen LogP contribution in [0.1, 0.15) is 13.8 Å². The molecule has 0 unspecified atom stereocenters. The van der Waals surface area contributed by atoms with Crippen LogP contribution >= 0.6 is 0 Å².